The molecule has 0 fully saturated rings. The maximum Gasteiger partial charge on any atom is 0.357 e. The maximum atomic E-state index is 13.7. The molecule has 0 amide bonds. The van der Waals surface area contributed by atoms with Crippen LogP contribution in [0.2, 0.25) is 10.0 Å². The third-order valence-corrected chi connectivity index (χ3v) is 7.06. The van der Waals surface area contributed by atoms with Crippen molar-refractivity contribution < 1.29 is 23.9 Å². The van der Waals surface area contributed by atoms with Crippen molar-refractivity contribution in [3.63, 3.8) is 0 Å². The van der Waals surface area contributed by atoms with Crippen molar-refractivity contribution in [2.75, 3.05) is 20.0 Å². The summed E-state index contributed by atoms with van der Waals surface area (Å²) in [5, 5.41) is 0.670. The van der Waals surface area contributed by atoms with Crippen LogP contribution in [-0.2, 0) is 14.3 Å². The number of carbonyl (C=O) groups is 3. The summed E-state index contributed by atoms with van der Waals surface area (Å²) in [6.07, 6.45) is 1.67. The molecule has 1 atom stereocenters. The van der Waals surface area contributed by atoms with Gasteiger partial charge in [-0.05, 0) is 41.5 Å². The Kier molecular flexibility index (Phi) is 6.74. The number of nitrogens with zero attached hydrogens (tertiary/aromatic N) is 1. The highest BCUT2D eigenvalue weighted by Gasteiger charge is 2.38. The Bertz CT molecular complexity index is 1430. The molecule has 0 saturated heterocycles. The molecular formula is C24H18Cl2N2O5S. The van der Waals surface area contributed by atoms with Crippen LogP contribution in [0, 0.1) is 0 Å². The van der Waals surface area contributed by atoms with Crippen LogP contribution < -0.4 is 16.3 Å². The van der Waals surface area contributed by atoms with Gasteiger partial charge in [-0.25, -0.2) is 9.59 Å². The monoisotopic (exact) mass is 516 g/mol. The molecule has 2 N–H and O–H groups in total. The summed E-state index contributed by atoms with van der Waals surface area (Å²) < 4.78 is 11.1. The van der Waals surface area contributed by atoms with Gasteiger partial charge >= 0.3 is 11.9 Å². The first-order valence-electron chi connectivity index (χ1n) is 9.91. The fraction of sp³-hybridized carbons (Fsp3) is 0.125. The first-order valence-corrected chi connectivity index (χ1v) is 11.5. The number of fused-ring (bicyclic) bond motifs is 1. The van der Waals surface area contributed by atoms with E-state index in [0.717, 1.165) is 16.3 Å². The lowest BCUT2D eigenvalue weighted by Gasteiger charge is -2.23. The second-order valence-electron chi connectivity index (χ2n) is 7.26. The van der Waals surface area contributed by atoms with Crippen molar-refractivity contribution in [2.45, 2.75) is 5.25 Å². The minimum absolute atomic E-state index is 0.00362. The van der Waals surface area contributed by atoms with Gasteiger partial charge in [0.15, 0.2) is 5.69 Å². The number of esters is 2. The lowest BCUT2D eigenvalue weighted by Crippen LogP contribution is -2.42. The van der Waals surface area contributed by atoms with E-state index in [1.165, 1.54) is 14.2 Å². The van der Waals surface area contributed by atoms with Crippen molar-refractivity contribution in [1.29, 1.82) is 0 Å². The van der Waals surface area contributed by atoms with Crippen LogP contribution in [0.4, 0.5) is 5.69 Å². The Labute approximate surface area is 208 Å². The molecule has 174 valence electrons. The molecule has 10 heteroatoms. The number of nitrogen functional groups attached to an aromatic ring is 1. The van der Waals surface area contributed by atoms with Crippen molar-refractivity contribution >= 4 is 69.5 Å². The lowest BCUT2D eigenvalue weighted by atomic mass is 10.1. The van der Waals surface area contributed by atoms with Gasteiger partial charge < -0.3 is 15.2 Å². The number of thioether (sulfide) groups is 1. The third kappa shape index (κ3) is 4.20. The second-order valence-corrected chi connectivity index (χ2v) is 9.24. The number of rotatable bonds is 4. The van der Waals surface area contributed by atoms with Gasteiger partial charge in [0.25, 0.3) is 0 Å². The quantitative estimate of drug-likeness (QED) is 0.530. The standard InChI is InChI=1S/C24H18Cl2N2O5S/c1-32-23(30)19-17(27)16(11-12-3-7-14(25)8-4-12)18-21(24(31)33-2)34-20(22(29)28(18)19)13-5-9-15(26)10-6-13/h3-11,20H,27H2,1-2H3/b16-11+/t20-/m0/s1. The van der Waals surface area contributed by atoms with Gasteiger partial charge in [0.2, 0.25) is 5.91 Å². The number of nitrogens with two attached hydrogens (primary N) is 1. The number of benzene rings is 2. The van der Waals surface area contributed by atoms with Crippen LogP contribution in [0.3, 0.4) is 0 Å². The number of carbonyl (C=O) groups excluding carboxylic acids is 3. The summed E-state index contributed by atoms with van der Waals surface area (Å²) in [7, 11) is 2.43. The molecule has 0 saturated carbocycles. The largest absolute Gasteiger partial charge is 0.465 e. The summed E-state index contributed by atoms with van der Waals surface area (Å²) in [5.74, 6) is -1.94. The fourth-order valence-electron chi connectivity index (χ4n) is 3.65. The molecule has 2 heterocycles. The SMILES string of the molecule is COC(=O)C1=c2/c(=C/c3ccc(Cl)cc3)c(N)c(C(=O)OC)n2C(=O)[C@H](c2ccc(Cl)cc2)S1. The lowest BCUT2D eigenvalue weighted by molar-refractivity contribution is -0.133. The average Bonchev–Trinajstić information content (AvgIpc) is 3.13. The second kappa shape index (κ2) is 9.58. The molecule has 0 radical (unpaired) electrons. The molecule has 34 heavy (non-hydrogen) atoms. The molecule has 1 aliphatic rings. The van der Waals surface area contributed by atoms with Gasteiger partial charge in [0.1, 0.15) is 10.2 Å². The zero-order chi connectivity index (χ0) is 24.6. The van der Waals surface area contributed by atoms with Crippen LogP contribution >= 0.6 is 35.0 Å². The topological polar surface area (TPSA) is 101 Å². The number of halogens is 2. The third-order valence-electron chi connectivity index (χ3n) is 5.25. The number of hydrogen-bond donors (Lipinski definition) is 1. The molecule has 0 bridgehead atoms. The number of aromatic nitrogens is 1. The smallest absolute Gasteiger partial charge is 0.357 e. The van der Waals surface area contributed by atoms with Gasteiger partial charge in [0.05, 0.1) is 25.3 Å². The first-order chi connectivity index (χ1) is 16.3. The van der Waals surface area contributed by atoms with Crippen LogP contribution in [-0.4, -0.2) is 36.6 Å². The van der Waals surface area contributed by atoms with Gasteiger partial charge in [0, 0.05) is 15.3 Å². The van der Waals surface area contributed by atoms with Crippen molar-refractivity contribution in [2.24, 2.45) is 0 Å². The van der Waals surface area contributed by atoms with E-state index in [4.69, 9.17) is 38.4 Å². The normalized spacial score (nSPS) is 15.8. The number of methoxy groups -OCH3 is 2. The van der Waals surface area contributed by atoms with Gasteiger partial charge in [-0.15, -0.1) is 0 Å². The van der Waals surface area contributed by atoms with Crippen LogP contribution in [0.15, 0.2) is 48.5 Å². The zero-order valence-electron chi connectivity index (χ0n) is 18.0. The Hall–Kier alpha value is -3.20. The van der Waals surface area contributed by atoms with E-state index < -0.39 is 23.1 Å². The van der Waals surface area contributed by atoms with Crippen LogP contribution in [0.5, 0.6) is 0 Å². The molecule has 1 aliphatic heterocycles. The summed E-state index contributed by atoms with van der Waals surface area (Å²) in [4.78, 5) is 39.4. The highest BCUT2D eigenvalue weighted by molar-refractivity contribution is 8.10. The predicted octanol–water partition coefficient (Wildman–Crippen LogP) is 3.40. The van der Waals surface area contributed by atoms with E-state index >= 15 is 0 Å². The van der Waals surface area contributed by atoms with Gasteiger partial charge in [-0.3, -0.25) is 9.36 Å². The van der Waals surface area contributed by atoms with Gasteiger partial charge in [-0.1, -0.05) is 59.2 Å². The summed E-state index contributed by atoms with van der Waals surface area (Å²) >= 11 is 13.0. The van der Waals surface area contributed by atoms with E-state index in [9.17, 15) is 14.4 Å². The maximum absolute atomic E-state index is 13.7. The molecule has 0 aliphatic carbocycles. The summed E-state index contributed by atoms with van der Waals surface area (Å²) in [5.41, 5.74) is 7.52. The van der Waals surface area contributed by atoms with Crippen molar-refractivity contribution in [3.05, 3.63) is 86.0 Å². The highest BCUT2D eigenvalue weighted by Crippen LogP contribution is 2.40. The van der Waals surface area contributed by atoms with Crippen molar-refractivity contribution in [3.8, 4) is 0 Å². The molecular weight excluding hydrogens is 499 g/mol. The molecule has 4 rings (SSSR count). The Morgan fingerprint density at radius 2 is 1.53 bits per heavy atom. The van der Waals surface area contributed by atoms with E-state index in [1.807, 2.05) is 0 Å². The van der Waals surface area contributed by atoms with E-state index in [1.54, 1.807) is 54.6 Å². The molecule has 2 aromatic carbocycles. The Morgan fingerprint density at radius 1 is 0.971 bits per heavy atom. The van der Waals surface area contributed by atoms with Crippen LogP contribution in [0.25, 0.3) is 11.0 Å². The van der Waals surface area contributed by atoms with E-state index in [2.05, 4.69) is 0 Å². The first kappa shape index (κ1) is 23.9. The highest BCUT2D eigenvalue weighted by atomic mass is 35.5. The molecule has 7 nitrogen and oxygen atoms in total. The molecule has 1 aromatic heterocycles. The minimum atomic E-state index is -0.850. The van der Waals surface area contributed by atoms with Crippen LogP contribution in [0.1, 0.15) is 31.7 Å². The number of ether oxygens (including phenoxy) is 2. The summed E-state index contributed by atoms with van der Waals surface area (Å²) in [6, 6.07) is 13.5. The van der Waals surface area contributed by atoms with E-state index in [-0.39, 0.29) is 21.6 Å². The number of hydrogen-bond acceptors (Lipinski definition) is 7. The molecule has 3 aromatic rings. The Balaban J connectivity index is 2.09. The molecule has 0 spiro atoms. The molecule has 0 unspecified atom stereocenters. The minimum Gasteiger partial charge on any atom is -0.465 e. The predicted molar refractivity (Wildman–Crippen MR) is 132 cm³/mol. The fourth-order valence-corrected chi connectivity index (χ4v) is 5.13. The van der Waals surface area contributed by atoms with Crippen molar-refractivity contribution in [1.82, 2.24) is 4.57 Å². The summed E-state index contributed by atoms with van der Waals surface area (Å²) in [6.45, 7) is 0. The zero-order valence-corrected chi connectivity index (χ0v) is 20.3. The number of anilines is 1. The van der Waals surface area contributed by atoms with Gasteiger partial charge in [-0.2, -0.15) is 0 Å². The van der Waals surface area contributed by atoms with E-state index in [0.29, 0.717) is 26.4 Å². The Morgan fingerprint density at radius 3 is 2.09 bits per heavy atom. The average molecular weight is 517 g/mol.